The number of benzene rings is 2. The average Bonchev–Trinajstić information content (AvgIpc) is 3.22. The van der Waals surface area contributed by atoms with Crippen molar-refractivity contribution in [3.05, 3.63) is 76.3 Å². The van der Waals surface area contributed by atoms with E-state index in [1.165, 1.54) is 10.9 Å². The second kappa shape index (κ2) is 8.96. The fraction of sp³-hybridized carbons (Fsp3) is 0.182. The van der Waals surface area contributed by atoms with Crippen LogP contribution in [0.5, 0.6) is 5.75 Å². The number of methoxy groups -OCH3 is 1. The summed E-state index contributed by atoms with van der Waals surface area (Å²) in [5.41, 5.74) is 0.342. The lowest BCUT2D eigenvalue weighted by molar-refractivity contribution is -0.121. The minimum atomic E-state index is -0.811. The van der Waals surface area contributed by atoms with Crippen LogP contribution in [-0.2, 0) is 17.9 Å². The summed E-state index contributed by atoms with van der Waals surface area (Å²) in [5, 5.41) is 6.51. The minimum Gasteiger partial charge on any atom is -0.497 e. The van der Waals surface area contributed by atoms with E-state index < -0.39 is 17.2 Å². The van der Waals surface area contributed by atoms with Crippen LogP contribution in [0.1, 0.15) is 12.0 Å². The summed E-state index contributed by atoms with van der Waals surface area (Å²) < 4.78 is 38.6. The summed E-state index contributed by atoms with van der Waals surface area (Å²) >= 11 is 0. The molecule has 0 atom stereocenters. The number of hydrogen-bond donors (Lipinski definition) is 1. The molecule has 0 saturated carbocycles. The van der Waals surface area contributed by atoms with Gasteiger partial charge in [-0.2, -0.15) is 0 Å². The number of fused-ring (bicyclic) bond motifs is 1. The molecular formula is C22H18F2N4O4. The largest absolute Gasteiger partial charge is 0.497 e. The molecule has 0 aliphatic carbocycles. The van der Waals surface area contributed by atoms with Crippen molar-refractivity contribution < 1.29 is 22.8 Å². The molecule has 10 heteroatoms. The standard InChI is InChI=1S/C22H18F2N4O4/c1-31-17-4-2-13(3-5-17)11-25-18(29)6-7-28-12-26-21-19(22(28)30)20(27-32-21)14-8-15(23)10-16(24)9-14/h2-5,8-10,12H,6-7,11H2,1H3,(H,25,29). The first kappa shape index (κ1) is 21.2. The number of carbonyl (C=O) groups excluding carboxylic acids is 1. The van der Waals surface area contributed by atoms with Crippen molar-refractivity contribution in [2.45, 2.75) is 19.5 Å². The molecule has 0 spiro atoms. The van der Waals surface area contributed by atoms with E-state index in [-0.39, 0.29) is 41.2 Å². The van der Waals surface area contributed by atoms with Crippen molar-refractivity contribution in [1.82, 2.24) is 20.0 Å². The third-order valence-corrected chi connectivity index (χ3v) is 4.83. The van der Waals surface area contributed by atoms with E-state index in [1.807, 2.05) is 12.1 Å². The molecule has 1 N–H and O–H groups in total. The van der Waals surface area contributed by atoms with Crippen molar-refractivity contribution >= 4 is 17.0 Å². The van der Waals surface area contributed by atoms with Gasteiger partial charge in [0.2, 0.25) is 5.91 Å². The third-order valence-electron chi connectivity index (χ3n) is 4.83. The Labute approximate surface area is 180 Å². The number of hydrogen-bond acceptors (Lipinski definition) is 6. The van der Waals surface area contributed by atoms with Crippen LogP contribution in [0.15, 0.2) is 58.1 Å². The molecule has 0 saturated heterocycles. The topological polar surface area (TPSA) is 99.2 Å². The number of halogens is 2. The van der Waals surface area contributed by atoms with Crippen LogP contribution in [0.25, 0.3) is 22.4 Å². The quantitative estimate of drug-likeness (QED) is 0.474. The van der Waals surface area contributed by atoms with E-state index in [1.54, 1.807) is 19.2 Å². The molecule has 2 aromatic heterocycles. The monoisotopic (exact) mass is 440 g/mol. The fourth-order valence-corrected chi connectivity index (χ4v) is 3.18. The highest BCUT2D eigenvalue weighted by Crippen LogP contribution is 2.25. The molecule has 2 heterocycles. The van der Waals surface area contributed by atoms with Crippen LogP contribution >= 0.6 is 0 Å². The molecule has 8 nitrogen and oxygen atoms in total. The summed E-state index contributed by atoms with van der Waals surface area (Å²) in [6.07, 6.45) is 1.26. The van der Waals surface area contributed by atoms with Gasteiger partial charge in [-0.1, -0.05) is 17.3 Å². The highest BCUT2D eigenvalue weighted by Gasteiger charge is 2.18. The van der Waals surface area contributed by atoms with Gasteiger partial charge in [0.1, 0.15) is 34.8 Å². The molecule has 0 aliphatic heterocycles. The van der Waals surface area contributed by atoms with Crippen LogP contribution in [-0.4, -0.2) is 27.7 Å². The molecule has 4 aromatic rings. The Balaban J connectivity index is 1.48. The maximum absolute atomic E-state index is 13.6. The normalized spacial score (nSPS) is 11.0. The van der Waals surface area contributed by atoms with Crippen LogP contribution in [0, 0.1) is 11.6 Å². The number of nitrogens with one attached hydrogen (secondary N) is 1. The first-order valence-electron chi connectivity index (χ1n) is 9.65. The Hall–Kier alpha value is -4.08. The summed E-state index contributed by atoms with van der Waals surface area (Å²) in [6.45, 7) is 0.383. The van der Waals surface area contributed by atoms with Crippen molar-refractivity contribution in [2.24, 2.45) is 0 Å². The Morgan fingerprint density at radius 2 is 1.88 bits per heavy atom. The highest BCUT2D eigenvalue weighted by atomic mass is 19.1. The second-order valence-electron chi connectivity index (χ2n) is 6.99. The zero-order valence-electron chi connectivity index (χ0n) is 17.0. The molecule has 0 fully saturated rings. The van der Waals surface area contributed by atoms with Gasteiger partial charge in [-0.25, -0.2) is 13.8 Å². The number of ether oxygens (including phenoxy) is 1. The van der Waals surface area contributed by atoms with E-state index in [2.05, 4.69) is 15.5 Å². The molecule has 4 rings (SSSR count). The third kappa shape index (κ3) is 4.48. The van der Waals surface area contributed by atoms with Crippen molar-refractivity contribution in [3.63, 3.8) is 0 Å². The Kier molecular flexibility index (Phi) is 5.93. The van der Waals surface area contributed by atoms with Crippen LogP contribution in [0.4, 0.5) is 8.78 Å². The summed E-state index contributed by atoms with van der Waals surface area (Å²) in [4.78, 5) is 29.1. The van der Waals surface area contributed by atoms with Crippen molar-refractivity contribution in [3.8, 4) is 17.0 Å². The van der Waals surface area contributed by atoms with Crippen molar-refractivity contribution in [1.29, 1.82) is 0 Å². The number of rotatable bonds is 7. The maximum atomic E-state index is 13.6. The van der Waals surface area contributed by atoms with E-state index >= 15 is 0 Å². The molecular weight excluding hydrogens is 422 g/mol. The lowest BCUT2D eigenvalue weighted by Crippen LogP contribution is -2.27. The summed E-state index contributed by atoms with van der Waals surface area (Å²) in [5.74, 6) is -1.16. The Morgan fingerprint density at radius 3 is 2.56 bits per heavy atom. The van der Waals surface area contributed by atoms with Gasteiger partial charge in [-0.3, -0.25) is 14.2 Å². The van der Waals surface area contributed by atoms with Gasteiger partial charge in [-0.05, 0) is 29.8 Å². The predicted molar refractivity (Wildman–Crippen MR) is 111 cm³/mol. The smallest absolute Gasteiger partial charge is 0.266 e. The number of aryl methyl sites for hydroxylation is 1. The Bertz CT molecular complexity index is 1310. The molecule has 0 radical (unpaired) electrons. The Morgan fingerprint density at radius 1 is 1.16 bits per heavy atom. The van der Waals surface area contributed by atoms with Crippen molar-refractivity contribution in [2.75, 3.05) is 7.11 Å². The first-order chi connectivity index (χ1) is 15.4. The fourth-order valence-electron chi connectivity index (χ4n) is 3.18. The van der Waals surface area contributed by atoms with Crippen LogP contribution < -0.4 is 15.6 Å². The molecule has 2 aromatic carbocycles. The van der Waals surface area contributed by atoms with Gasteiger partial charge in [-0.15, -0.1) is 0 Å². The van der Waals surface area contributed by atoms with Gasteiger partial charge < -0.3 is 14.6 Å². The molecule has 0 bridgehead atoms. The molecule has 0 unspecified atom stereocenters. The molecule has 1 amide bonds. The number of aromatic nitrogens is 3. The van der Waals surface area contributed by atoms with E-state index in [9.17, 15) is 18.4 Å². The highest BCUT2D eigenvalue weighted by molar-refractivity contribution is 5.88. The van der Waals surface area contributed by atoms with Crippen LogP contribution in [0.3, 0.4) is 0 Å². The summed E-state index contributed by atoms with van der Waals surface area (Å²) in [6, 6.07) is 10.1. The van der Waals surface area contributed by atoms with E-state index in [0.29, 0.717) is 12.6 Å². The van der Waals surface area contributed by atoms with Crippen LogP contribution in [0.2, 0.25) is 0 Å². The SMILES string of the molecule is COc1ccc(CNC(=O)CCn2cnc3onc(-c4cc(F)cc(F)c4)c3c2=O)cc1. The van der Waals surface area contributed by atoms with Gasteiger partial charge in [0.25, 0.3) is 11.3 Å². The lowest BCUT2D eigenvalue weighted by atomic mass is 10.1. The number of nitrogens with zero attached hydrogens (tertiary/aromatic N) is 3. The van der Waals surface area contributed by atoms with Gasteiger partial charge in [0.05, 0.1) is 7.11 Å². The number of carbonyl (C=O) groups is 1. The maximum Gasteiger partial charge on any atom is 0.266 e. The average molecular weight is 440 g/mol. The molecule has 32 heavy (non-hydrogen) atoms. The minimum absolute atomic E-state index is 0.0175. The number of amides is 1. The predicted octanol–water partition coefficient (Wildman–Crippen LogP) is 3.04. The molecule has 0 aliphatic rings. The zero-order valence-corrected chi connectivity index (χ0v) is 17.0. The molecule has 164 valence electrons. The van der Waals surface area contributed by atoms with Gasteiger partial charge in [0.15, 0.2) is 0 Å². The zero-order chi connectivity index (χ0) is 22.7. The second-order valence-corrected chi connectivity index (χ2v) is 6.99. The first-order valence-corrected chi connectivity index (χ1v) is 9.65. The summed E-state index contributed by atoms with van der Waals surface area (Å²) in [7, 11) is 1.57. The van der Waals surface area contributed by atoms with E-state index in [0.717, 1.165) is 23.4 Å². The van der Waals surface area contributed by atoms with Gasteiger partial charge in [0, 0.05) is 31.1 Å². The van der Waals surface area contributed by atoms with E-state index in [4.69, 9.17) is 9.26 Å². The van der Waals surface area contributed by atoms with Gasteiger partial charge >= 0.3 is 0 Å². The lowest BCUT2D eigenvalue weighted by Gasteiger charge is -2.08.